The van der Waals surface area contributed by atoms with Crippen molar-refractivity contribution in [2.75, 3.05) is 33.2 Å². The van der Waals surface area contributed by atoms with Gasteiger partial charge in [-0.25, -0.2) is 4.98 Å². The van der Waals surface area contributed by atoms with E-state index in [1.165, 1.54) is 0 Å². The molecule has 0 unspecified atom stereocenters. The molecule has 0 aliphatic rings. The van der Waals surface area contributed by atoms with Crippen LogP contribution in [0.3, 0.4) is 0 Å². The molecule has 0 saturated heterocycles. The van der Waals surface area contributed by atoms with Gasteiger partial charge in [-0.15, -0.1) is 0 Å². The molecule has 0 saturated carbocycles. The summed E-state index contributed by atoms with van der Waals surface area (Å²) in [6, 6.07) is 17.3. The van der Waals surface area contributed by atoms with Crippen LogP contribution in [0, 0.1) is 6.92 Å². The summed E-state index contributed by atoms with van der Waals surface area (Å²) in [5, 5.41) is 2.97. The summed E-state index contributed by atoms with van der Waals surface area (Å²) in [6.07, 6.45) is 0. The molecule has 6 nitrogen and oxygen atoms in total. The Labute approximate surface area is 177 Å². The first-order valence-corrected chi connectivity index (χ1v) is 9.68. The Kier molecular flexibility index (Phi) is 6.57. The summed E-state index contributed by atoms with van der Waals surface area (Å²) in [5.41, 5.74) is 4.41. The lowest BCUT2D eigenvalue weighted by molar-refractivity contribution is 0.0951. The van der Waals surface area contributed by atoms with Crippen LogP contribution in [0.1, 0.15) is 21.5 Å². The molecule has 2 aromatic carbocycles. The highest BCUT2D eigenvalue weighted by atomic mass is 16.5. The van der Waals surface area contributed by atoms with Crippen molar-refractivity contribution in [3.63, 3.8) is 0 Å². The molecule has 3 rings (SSSR count). The number of carbonyl (C=O) groups excluding carboxylic acids is 1. The van der Waals surface area contributed by atoms with Gasteiger partial charge < -0.3 is 19.7 Å². The molecule has 156 valence electrons. The van der Waals surface area contributed by atoms with Crippen LogP contribution in [-0.2, 0) is 6.54 Å². The van der Waals surface area contributed by atoms with E-state index in [1.54, 1.807) is 20.3 Å². The van der Waals surface area contributed by atoms with Crippen molar-refractivity contribution in [3.8, 4) is 22.8 Å². The van der Waals surface area contributed by atoms with Gasteiger partial charge in [0, 0.05) is 37.8 Å². The van der Waals surface area contributed by atoms with Crippen molar-refractivity contribution in [1.29, 1.82) is 0 Å². The van der Waals surface area contributed by atoms with E-state index in [2.05, 4.69) is 18.3 Å². The van der Waals surface area contributed by atoms with Crippen LogP contribution >= 0.6 is 0 Å². The number of carbonyl (C=O) groups is 1. The number of hydrogen-bond acceptors (Lipinski definition) is 5. The smallest absolute Gasteiger partial charge is 0.255 e. The molecule has 0 radical (unpaired) electrons. The summed E-state index contributed by atoms with van der Waals surface area (Å²) in [7, 11) is 6.96. The second-order valence-electron chi connectivity index (χ2n) is 7.14. The van der Waals surface area contributed by atoms with Gasteiger partial charge in [0.2, 0.25) is 0 Å². The van der Waals surface area contributed by atoms with Crippen LogP contribution in [-0.4, -0.2) is 39.2 Å². The second kappa shape index (κ2) is 9.31. The molecule has 1 N–H and O–H groups in total. The fourth-order valence-corrected chi connectivity index (χ4v) is 3.25. The van der Waals surface area contributed by atoms with Gasteiger partial charge in [0.25, 0.3) is 5.91 Å². The number of benzene rings is 2. The molecule has 1 amide bonds. The second-order valence-corrected chi connectivity index (χ2v) is 7.14. The number of ether oxygens (including phenoxy) is 2. The summed E-state index contributed by atoms with van der Waals surface area (Å²) in [5.74, 6) is 1.79. The van der Waals surface area contributed by atoms with Crippen LogP contribution in [0.4, 0.5) is 5.82 Å². The highest BCUT2D eigenvalue weighted by Gasteiger charge is 2.17. The minimum absolute atomic E-state index is 0.194. The fourth-order valence-electron chi connectivity index (χ4n) is 3.25. The molecule has 0 atom stereocenters. The van der Waals surface area contributed by atoms with Gasteiger partial charge in [-0.1, -0.05) is 24.3 Å². The molecule has 3 aromatic rings. The van der Waals surface area contributed by atoms with Gasteiger partial charge in [0.05, 0.1) is 25.5 Å². The maximum Gasteiger partial charge on any atom is 0.255 e. The summed E-state index contributed by atoms with van der Waals surface area (Å²) in [4.78, 5) is 19.5. The average Bonchev–Trinajstić information content (AvgIpc) is 2.77. The van der Waals surface area contributed by atoms with E-state index in [0.717, 1.165) is 22.4 Å². The zero-order chi connectivity index (χ0) is 21.7. The minimum atomic E-state index is -0.194. The maximum absolute atomic E-state index is 12.9. The molecular formula is C24H27N3O3. The molecule has 30 heavy (non-hydrogen) atoms. The van der Waals surface area contributed by atoms with Gasteiger partial charge in [-0.2, -0.15) is 0 Å². The first-order chi connectivity index (χ1) is 14.4. The van der Waals surface area contributed by atoms with Crippen LogP contribution in [0.5, 0.6) is 11.5 Å². The summed E-state index contributed by atoms with van der Waals surface area (Å²) >= 11 is 0. The summed E-state index contributed by atoms with van der Waals surface area (Å²) in [6.45, 7) is 2.38. The highest BCUT2D eigenvalue weighted by Crippen LogP contribution is 2.27. The SMILES string of the molecule is COc1ccc(CNC(=O)c2ccc(-c3ccccc3C)nc2N(C)C)c(OC)c1. The van der Waals surface area contributed by atoms with Crippen molar-refractivity contribution in [2.24, 2.45) is 0 Å². The molecule has 1 heterocycles. The van der Waals surface area contributed by atoms with E-state index in [1.807, 2.05) is 61.5 Å². The Morgan fingerprint density at radius 2 is 1.80 bits per heavy atom. The quantitative estimate of drug-likeness (QED) is 0.642. The molecule has 0 bridgehead atoms. The molecule has 0 fully saturated rings. The number of amides is 1. The van der Waals surface area contributed by atoms with Crippen molar-refractivity contribution in [2.45, 2.75) is 13.5 Å². The van der Waals surface area contributed by atoms with Gasteiger partial charge in [0.15, 0.2) is 0 Å². The third kappa shape index (κ3) is 4.54. The highest BCUT2D eigenvalue weighted by molar-refractivity contribution is 5.99. The lowest BCUT2D eigenvalue weighted by Gasteiger charge is -2.18. The van der Waals surface area contributed by atoms with E-state index in [0.29, 0.717) is 29.4 Å². The Morgan fingerprint density at radius 1 is 1.03 bits per heavy atom. The van der Waals surface area contributed by atoms with Crippen LogP contribution < -0.4 is 19.7 Å². The van der Waals surface area contributed by atoms with Crippen LogP contribution in [0.2, 0.25) is 0 Å². The molecule has 0 spiro atoms. The Hall–Kier alpha value is -3.54. The Morgan fingerprint density at radius 3 is 2.47 bits per heavy atom. The fraction of sp³-hybridized carbons (Fsp3) is 0.250. The maximum atomic E-state index is 12.9. The number of nitrogens with zero attached hydrogens (tertiary/aromatic N) is 2. The van der Waals surface area contributed by atoms with Crippen molar-refractivity contribution in [1.82, 2.24) is 10.3 Å². The first kappa shape index (κ1) is 21.2. The molecule has 1 aromatic heterocycles. The largest absolute Gasteiger partial charge is 0.497 e. The van der Waals surface area contributed by atoms with E-state index in [9.17, 15) is 4.79 Å². The van der Waals surface area contributed by atoms with Gasteiger partial charge in [-0.05, 0) is 36.8 Å². The third-order valence-corrected chi connectivity index (χ3v) is 4.90. The number of methoxy groups -OCH3 is 2. The summed E-state index contributed by atoms with van der Waals surface area (Å²) < 4.78 is 10.6. The van der Waals surface area contributed by atoms with Gasteiger partial charge in [-0.3, -0.25) is 4.79 Å². The standard InChI is InChI=1S/C24H27N3O3/c1-16-8-6-7-9-19(16)21-13-12-20(23(26-21)27(2)3)24(28)25-15-17-10-11-18(29-4)14-22(17)30-5/h6-14H,15H2,1-5H3,(H,25,28). The van der Waals surface area contributed by atoms with Gasteiger partial charge in [0.1, 0.15) is 17.3 Å². The molecule has 0 aliphatic carbocycles. The number of nitrogens with one attached hydrogen (secondary N) is 1. The molecular weight excluding hydrogens is 378 g/mol. The van der Waals surface area contributed by atoms with E-state index in [4.69, 9.17) is 14.5 Å². The zero-order valence-corrected chi connectivity index (χ0v) is 18.0. The first-order valence-electron chi connectivity index (χ1n) is 9.68. The van der Waals surface area contributed by atoms with E-state index in [-0.39, 0.29) is 5.91 Å². The van der Waals surface area contributed by atoms with E-state index >= 15 is 0 Å². The zero-order valence-electron chi connectivity index (χ0n) is 18.0. The lowest BCUT2D eigenvalue weighted by Crippen LogP contribution is -2.26. The number of hydrogen-bond donors (Lipinski definition) is 1. The van der Waals surface area contributed by atoms with Crippen molar-refractivity contribution in [3.05, 3.63) is 71.3 Å². The average molecular weight is 405 g/mol. The van der Waals surface area contributed by atoms with Gasteiger partial charge >= 0.3 is 0 Å². The van der Waals surface area contributed by atoms with Crippen molar-refractivity contribution >= 4 is 11.7 Å². The number of pyridine rings is 1. The van der Waals surface area contributed by atoms with Crippen LogP contribution in [0.25, 0.3) is 11.3 Å². The normalized spacial score (nSPS) is 10.4. The number of aromatic nitrogens is 1. The molecule has 6 heteroatoms. The Bertz CT molecular complexity index is 1050. The topological polar surface area (TPSA) is 63.7 Å². The lowest BCUT2D eigenvalue weighted by atomic mass is 10.0. The predicted molar refractivity (Wildman–Crippen MR) is 119 cm³/mol. The third-order valence-electron chi connectivity index (χ3n) is 4.90. The minimum Gasteiger partial charge on any atom is -0.497 e. The number of anilines is 1. The monoisotopic (exact) mass is 405 g/mol. The molecule has 0 aliphatic heterocycles. The number of aryl methyl sites for hydroxylation is 1. The van der Waals surface area contributed by atoms with E-state index < -0.39 is 0 Å². The predicted octanol–water partition coefficient (Wildman–Crippen LogP) is 4.07. The van der Waals surface area contributed by atoms with Crippen LogP contribution in [0.15, 0.2) is 54.6 Å². The van der Waals surface area contributed by atoms with Crippen molar-refractivity contribution < 1.29 is 14.3 Å². The number of rotatable bonds is 7. The Balaban J connectivity index is 1.85.